The van der Waals surface area contributed by atoms with E-state index in [9.17, 15) is 9.59 Å². The molecule has 0 atom stereocenters. The van der Waals surface area contributed by atoms with Crippen molar-refractivity contribution in [3.8, 4) is 17.2 Å². The van der Waals surface area contributed by atoms with E-state index in [1.807, 2.05) is 60.8 Å². The Balaban J connectivity index is 1.19. The summed E-state index contributed by atoms with van der Waals surface area (Å²) in [6, 6.07) is 17.4. The quantitative estimate of drug-likeness (QED) is 0.710. The van der Waals surface area contributed by atoms with Crippen LogP contribution >= 0.6 is 0 Å². The molecular formula is C23H21N3O4. The first-order chi connectivity index (χ1) is 14.7. The zero-order valence-corrected chi connectivity index (χ0v) is 16.3. The summed E-state index contributed by atoms with van der Waals surface area (Å²) in [5, 5.41) is 2.87. The molecule has 2 aliphatic rings. The number of rotatable bonds is 5. The van der Waals surface area contributed by atoms with E-state index in [1.54, 1.807) is 4.90 Å². The number of benzene rings is 2. The van der Waals surface area contributed by atoms with Gasteiger partial charge in [-0.3, -0.25) is 9.59 Å². The largest absolute Gasteiger partial charge is 0.454 e. The van der Waals surface area contributed by atoms with E-state index in [4.69, 9.17) is 9.47 Å². The Morgan fingerprint density at radius 1 is 0.933 bits per heavy atom. The van der Waals surface area contributed by atoms with Crippen LogP contribution in [0.2, 0.25) is 0 Å². The highest BCUT2D eigenvalue weighted by Gasteiger charge is 2.26. The van der Waals surface area contributed by atoms with Gasteiger partial charge in [-0.15, -0.1) is 0 Å². The van der Waals surface area contributed by atoms with Gasteiger partial charge in [0.05, 0.1) is 17.9 Å². The van der Waals surface area contributed by atoms with Gasteiger partial charge in [0, 0.05) is 31.3 Å². The molecule has 152 valence electrons. The molecule has 7 nitrogen and oxygen atoms in total. The summed E-state index contributed by atoms with van der Waals surface area (Å²) in [5.74, 6) is 1.18. The fraction of sp³-hybridized carbons (Fsp3) is 0.217. The minimum absolute atomic E-state index is 0.0619. The minimum atomic E-state index is -0.158. The van der Waals surface area contributed by atoms with Crippen molar-refractivity contribution in [1.29, 1.82) is 0 Å². The number of hydrogen-bond donors (Lipinski definition) is 1. The number of carbonyl (C=O) groups is 2. The molecule has 0 spiro atoms. The number of anilines is 1. The van der Waals surface area contributed by atoms with E-state index in [1.165, 1.54) is 0 Å². The normalized spacial score (nSPS) is 13.5. The van der Waals surface area contributed by atoms with Crippen LogP contribution in [0.4, 0.5) is 5.69 Å². The van der Waals surface area contributed by atoms with Crippen LogP contribution in [0.15, 0.2) is 60.8 Å². The summed E-state index contributed by atoms with van der Waals surface area (Å²) in [5.41, 5.74) is 3.82. The molecule has 0 bridgehead atoms. The third-order valence-electron chi connectivity index (χ3n) is 5.38. The van der Waals surface area contributed by atoms with E-state index >= 15 is 0 Å². The highest BCUT2D eigenvalue weighted by molar-refractivity contribution is 5.97. The Labute approximate surface area is 173 Å². The second-order valence-electron chi connectivity index (χ2n) is 7.30. The summed E-state index contributed by atoms with van der Waals surface area (Å²) in [4.78, 5) is 27.0. The fourth-order valence-corrected chi connectivity index (χ4v) is 3.84. The minimum Gasteiger partial charge on any atom is -0.454 e. The molecular weight excluding hydrogens is 382 g/mol. The lowest BCUT2D eigenvalue weighted by Crippen LogP contribution is -2.35. The zero-order valence-electron chi connectivity index (χ0n) is 16.3. The van der Waals surface area contributed by atoms with Crippen molar-refractivity contribution in [2.75, 3.05) is 11.7 Å². The maximum Gasteiger partial charge on any atom is 0.231 e. The van der Waals surface area contributed by atoms with E-state index in [0.717, 1.165) is 22.6 Å². The molecule has 0 radical (unpaired) electrons. The number of aromatic nitrogens is 1. The van der Waals surface area contributed by atoms with Crippen LogP contribution < -0.4 is 19.7 Å². The molecule has 5 rings (SSSR count). The summed E-state index contributed by atoms with van der Waals surface area (Å²) in [6.45, 7) is 1.10. The van der Waals surface area contributed by atoms with Gasteiger partial charge in [-0.2, -0.15) is 0 Å². The van der Waals surface area contributed by atoms with Crippen LogP contribution in [0.5, 0.6) is 11.5 Å². The van der Waals surface area contributed by atoms with Crippen molar-refractivity contribution in [3.05, 3.63) is 72.1 Å². The molecule has 7 heteroatoms. The van der Waals surface area contributed by atoms with E-state index in [2.05, 4.69) is 9.88 Å². The first-order valence-corrected chi connectivity index (χ1v) is 9.90. The Hall–Kier alpha value is -3.74. The molecule has 2 aromatic carbocycles. The van der Waals surface area contributed by atoms with Gasteiger partial charge in [0.15, 0.2) is 11.5 Å². The number of ether oxygens (including phenoxy) is 2. The number of nitrogens with one attached hydrogen (secondary N) is 1. The second-order valence-corrected chi connectivity index (χ2v) is 7.30. The van der Waals surface area contributed by atoms with Crippen molar-refractivity contribution >= 4 is 17.5 Å². The summed E-state index contributed by atoms with van der Waals surface area (Å²) >= 11 is 0. The predicted molar refractivity (Wildman–Crippen MR) is 111 cm³/mol. The molecule has 2 aliphatic heterocycles. The average molecular weight is 403 g/mol. The molecule has 30 heavy (non-hydrogen) atoms. The highest BCUT2D eigenvalue weighted by Crippen LogP contribution is 2.33. The number of nitrogens with zero attached hydrogens (tertiary/aromatic N) is 2. The van der Waals surface area contributed by atoms with Crippen molar-refractivity contribution in [2.45, 2.75) is 25.9 Å². The van der Waals surface area contributed by atoms with Crippen LogP contribution in [0.3, 0.4) is 0 Å². The number of amides is 2. The van der Waals surface area contributed by atoms with E-state index < -0.39 is 0 Å². The van der Waals surface area contributed by atoms with Gasteiger partial charge in [0.1, 0.15) is 0 Å². The number of carbonyl (C=O) groups excluding carboxylic acids is 2. The predicted octanol–water partition coefficient (Wildman–Crippen LogP) is 3.15. The van der Waals surface area contributed by atoms with Crippen molar-refractivity contribution in [2.24, 2.45) is 0 Å². The number of para-hydroxylation sites is 2. The van der Waals surface area contributed by atoms with Crippen molar-refractivity contribution < 1.29 is 19.1 Å². The molecule has 1 N–H and O–H groups in total. The van der Waals surface area contributed by atoms with Gasteiger partial charge in [0.25, 0.3) is 0 Å². The molecule has 2 amide bonds. The Kier molecular flexibility index (Phi) is 4.63. The van der Waals surface area contributed by atoms with Gasteiger partial charge in [-0.25, -0.2) is 0 Å². The molecule has 1 aromatic heterocycles. The van der Waals surface area contributed by atoms with Gasteiger partial charge in [-0.05, 0) is 42.0 Å². The monoisotopic (exact) mass is 403 g/mol. The number of fused-ring (bicyclic) bond motifs is 4. The molecule has 0 saturated heterocycles. The smallest absolute Gasteiger partial charge is 0.231 e. The van der Waals surface area contributed by atoms with Crippen molar-refractivity contribution in [1.82, 2.24) is 9.88 Å². The molecule has 0 unspecified atom stereocenters. The maximum absolute atomic E-state index is 12.9. The molecule has 0 aliphatic carbocycles. The Morgan fingerprint density at radius 3 is 2.67 bits per heavy atom. The first kappa shape index (κ1) is 18.3. The standard InChI is InChI=1S/C23H21N3O4/c27-22(24-13-16-7-8-20-21(12-16)30-15-29-20)9-10-23(28)26-14-17-4-3-11-25(17)18-5-1-2-6-19(18)26/h1-8,11-12H,9-10,13-15H2,(H,24,27). The third-order valence-corrected chi connectivity index (χ3v) is 5.38. The molecule has 3 aromatic rings. The van der Waals surface area contributed by atoms with Crippen LogP contribution in [-0.4, -0.2) is 23.2 Å². The summed E-state index contributed by atoms with van der Waals surface area (Å²) < 4.78 is 12.7. The lowest BCUT2D eigenvalue weighted by Gasteiger charge is -2.31. The van der Waals surface area contributed by atoms with Gasteiger partial charge < -0.3 is 24.3 Å². The fourth-order valence-electron chi connectivity index (χ4n) is 3.84. The zero-order chi connectivity index (χ0) is 20.5. The molecule has 3 heterocycles. The molecule has 0 fully saturated rings. The lowest BCUT2D eigenvalue weighted by molar-refractivity contribution is -0.125. The van der Waals surface area contributed by atoms with Crippen molar-refractivity contribution in [3.63, 3.8) is 0 Å². The van der Waals surface area contributed by atoms with Crippen LogP contribution in [0, 0.1) is 0 Å². The Bertz CT molecular complexity index is 1120. The highest BCUT2D eigenvalue weighted by atomic mass is 16.7. The SMILES string of the molecule is O=C(CCC(=O)N1Cc2cccn2-c2ccccc21)NCc1ccc2c(c1)OCO2. The summed E-state index contributed by atoms with van der Waals surface area (Å²) in [6.07, 6.45) is 2.30. The van der Waals surface area contributed by atoms with Crippen LogP contribution in [0.1, 0.15) is 24.1 Å². The lowest BCUT2D eigenvalue weighted by atomic mass is 10.1. The average Bonchev–Trinajstić information content (AvgIpc) is 3.44. The van der Waals surface area contributed by atoms with Crippen LogP contribution in [0.25, 0.3) is 5.69 Å². The second kappa shape index (κ2) is 7.59. The third kappa shape index (κ3) is 3.39. The van der Waals surface area contributed by atoms with Gasteiger partial charge in [-0.1, -0.05) is 18.2 Å². The van der Waals surface area contributed by atoms with Gasteiger partial charge in [0.2, 0.25) is 18.6 Å². The Morgan fingerprint density at radius 2 is 1.77 bits per heavy atom. The topological polar surface area (TPSA) is 72.8 Å². The van der Waals surface area contributed by atoms with E-state index in [-0.39, 0.29) is 31.4 Å². The van der Waals surface area contributed by atoms with Gasteiger partial charge >= 0.3 is 0 Å². The molecule has 0 saturated carbocycles. The summed E-state index contributed by atoms with van der Waals surface area (Å²) in [7, 11) is 0. The maximum atomic E-state index is 12.9. The number of hydrogen-bond acceptors (Lipinski definition) is 4. The van der Waals surface area contributed by atoms with Crippen LogP contribution in [-0.2, 0) is 22.7 Å². The van der Waals surface area contributed by atoms with E-state index in [0.29, 0.717) is 24.6 Å². The first-order valence-electron chi connectivity index (χ1n) is 9.90.